The molecule has 0 aliphatic carbocycles. The highest BCUT2D eigenvalue weighted by Crippen LogP contribution is 2.38. The predicted molar refractivity (Wildman–Crippen MR) is 75.1 cm³/mol. The number of benzene rings is 1. The topological polar surface area (TPSA) is 44.2 Å². The number of aromatic nitrogens is 2. The molecule has 2 rings (SSSR count). The first-order chi connectivity index (χ1) is 9.19. The number of hydrogen-bond acceptors (Lipinski definition) is 4. The summed E-state index contributed by atoms with van der Waals surface area (Å²) in [5, 5.41) is 0.446. The molecule has 0 spiro atoms. The van der Waals surface area contributed by atoms with Gasteiger partial charge in [0.25, 0.3) is 0 Å². The molecule has 0 aliphatic heterocycles. The zero-order valence-electron chi connectivity index (χ0n) is 10.5. The van der Waals surface area contributed by atoms with Gasteiger partial charge in [0.05, 0.1) is 25.1 Å². The van der Waals surface area contributed by atoms with Crippen LogP contribution in [0, 0.1) is 0 Å². The summed E-state index contributed by atoms with van der Waals surface area (Å²) >= 11 is 11.8. The highest BCUT2D eigenvalue weighted by molar-refractivity contribution is 6.32. The Hall–Kier alpha value is -1.52. The largest absolute Gasteiger partial charge is 0.493 e. The van der Waals surface area contributed by atoms with Crippen LogP contribution in [0.1, 0.15) is 5.56 Å². The van der Waals surface area contributed by atoms with E-state index in [2.05, 4.69) is 9.97 Å². The van der Waals surface area contributed by atoms with E-state index in [1.807, 2.05) is 0 Å². The average Bonchev–Trinajstić information content (AvgIpc) is 2.46. The zero-order chi connectivity index (χ0) is 13.8. The van der Waals surface area contributed by atoms with Crippen LogP contribution in [0.4, 0.5) is 0 Å². The van der Waals surface area contributed by atoms with Crippen LogP contribution in [0.2, 0.25) is 5.02 Å². The first kappa shape index (κ1) is 13.9. The Morgan fingerprint density at radius 1 is 1.11 bits per heavy atom. The highest BCUT2D eigenvalue weighted by atomic mass is 35.5. The van der Waals surface area contributed by atoms with E-state index in [-0.39, 0.29) is 0 Å². The summed E-state index contributed by atoms with van der Waals surface area (Å²) in [6.45, 7) is 0. The van der Waals surface area contributed by atoms with Crippen LogP contribution in [0.5, 0.6) is 11.5 Å². The van der Waals surface area contributed by atoms with Gasteiger partial charge in [-0.25, -0.2) is 9.97 Å². The van der Waals surface area contributed by atoms with Crippen molar-refractivity contribution in [1.82, 2.24) is 9.97 Å². The fourth-order valence-electron chi connectivity index (χ4n) is 1.62. The number of ether oxygens (including phenoxy) is 2. The van der Waals surface area contributed by atoms with Crippen LogP contribution in [0.3, 0.4) is 0 Å². The third-order valence-corrected chi connectivity index (χ3v) is 3.14. The molecule has 0 saturated heterocycles. The minimum absolute atomic E-state index is 0.382. The maximum absolute atomic E-state index is 6.14. The van der Waals surface area contributed by atoms with Gasteiger partial charge in [0.1, 0.15) is 0 Å². The molecular formula is C13H12Cl2N2O2. The Morgan fingerprint density at radius 2 is 1.79 bits per heavy atom. The molecule has 1 aromatic heterocycles. The van der Waals surface area contributed by atoms with Crippen molar-refractivity contribution in [3.63, 3.8) is 0 Å². The van der Waals surface area contributed by atoms with Crippen LogP contribution < -0.4 is 9.47 Å². The summed E-state index contributed by atoms with van der Waals surface area (Å²) in [5.41, 5.74) is 1.61. The molecule has 0 fully saturated rings. The molecule has 4 nitrogen and oxygen atoms in total. The van der Waals surface area contributed by atoms with E-state index in [0.717, 1.165) is 11.1 Å². The number of hydrogen-bond donors (Lipinski definition) is 0. The lowest BCUT2D eigenvalue weighted by molar-refractivity contribution is 0.355. The van der Waals surface area contributed by atoms with Crippen molar-refractivity contribution in [2.45, 2.75) is 5.88 Å². The number of nitrogens with zero attached hydrogens (tertiary/aromatic N) is 2. The molecule has 0 saturated carbocycles. The third-order valence-electron chi connectivity index (χ3n) is 2.55. The first-order valence-electron chi connectivity index (χ1n) is 5.48. The Morgan fingerprint density at radius 3 is 2.32 bits per heavy atom. The maximum Gasteiger partial charge on any atom is 0.179 e. The Kier molecular flexibility index (Phi) is 4.45. The normalized spacial score (nSPS) is 10.3. The van der Waals surface area contributed by atoms with Crippen LogP contribution in [0.25, 0.3) is 11.4 Å². The van der Waals surface area contributed by atoms with Crippen molar-refractivity contribution in [1.29, 1.82) is 0 Å². The van der Waals surface area contributed by atoms with Crippen molar-refractivity contribution in [3.05, 3.63) is 35.1 Å². The Balaban J connectivity index is 2.47. The van der Waals surface area contributed by atoms with E-state index < -0.39 is 0 Å². The summed E-state index contributed by atoms with van der Waals surface area (Å²) in [4.78, 5) is 8.48. The van der Waals surface area contributed by atoms with Crippen LogP contribution in [0.15, 0.2) is 24.5 Å². The summed E-state index contributed by atoms with van der Waals surface area (Å²) in [5.74, 6) is 1.96. The SMILES string of the molecule is COc1cc(-c2ncc(CCl)cn2)cc(Cl)c1OC. The van der Waals surface area contributed by atoms with Crippen molar-refractivity contribution in [2.75, 3.05) is 14.2 Å². The molecule has 0 amide bonds. The van der Waals surface area contributed by atoms with E-state index in [1.165, 1.54) is 7.11 Å². The van der Waals surface area contributed by atoms with Gasteiger partial charge in [-0.1, -0.05) is 11.6 Å². The van der Waals surface area contributed by atoms with Gasteiger partial charge in [-0.2, -0.15) is 0 Å². The van der Waals surface area contributed by atoms with Crippen molar-refractivity contribution < 1.29 is 9.47 Å². The van der Waals surface area contributed by atoms with Crippen molar-refractivity contribution in [2.24, 2.45) is 0 Å². The molecule has 0 radical (unpaired) electrons. The van der Waals surface area contributed by atoms with Crippen LogP contribution in [-0.4, -0.2) is 24.2 Å². The highest BCUT2D eigenvalue weighted by Gasteiger charge is 2.13. The zero-order valence-corrected chi connectivity index (χ0v) is 12.0. The summed E-state index contributed by atoms with van der Waals surface area (Å²) in [6.07, 6.45) is 3.36. The lowest BCUT2D eigenvalue weighted by Crippen LogP contribution is -1.95. The van der Waals surface area contributed by atoms with Crippen molar-refractivity contribution >= 4 is 23.2 Å². The standard InChI is InChI=1S/C13H12Cl2N2O2/c1-18-11-4-9(3-10(15)12(11)19-2)13-16-6-8(5-14)7-17-13/h3-4,6-7H,5H2,1-2H3. The van der Waals surface area contributed by atoms with Crippen molar-refractivity contribution in [3.8, 4) is 22.9 Å². The third kappa shape index (κ3) is 2.91. The molecule has 0 atom stereocenters. The average molecular weight is 299 g/mol. The van der Waals surface area contributed by atoms with E-state index in [4.69, 9.17) is 32.7 Å². The molecule has 0 aliphatic rings. The second kappa shape index (κ2) is 6.08. The molecule has 1 heterocycles. The van der Waals surface area contributed by atoms with Gasteiger partial charge in [-0.3, -0.25) is 0 Å². The van der Waals surface area contributed by atoms with Gasteiger partial charge in [-0.05, 0) is 12.1 Å². The summed E-state index contributed by atoms with van der Waals surface area (Å²) in [7, 11) is 3.09. The van der Waals surface area contributed by atoms with Gasteiger partial charge < -0.3 is 9.47 Å². The molecule has 0 bridgehead atoms. The fraction of sp³-hybridized carbons (Fsp3) is 0.231. The first-order valence-corrected chi connectivity index (χ1v) is 6.39. The molecule has 6 heteroatoms. The second-order valence-electron chi connectivity index (χ2n) is 3.74. The number of halogens is 2. The quantitative estimate of drug-likeness (QED) is 0.810. The minimum atomic E-state index is 0.382. The summed E-state index contributed by atoms with van der Waals surface area (Å²) in [6, 6.07) is 3.51. The number of rotatable bonds is 4. The molecule has 100 valence electrons. The lowest BCUT2D eigenvalue weighted by Gasteiger charge is -2.11. The predicted octanol–water partition coefficient (Wildman–Crippen LogP) is 3.55. The molecule has 1 aromatic carbocycles. The minimum Gasteiger partial charge on any atom is -0.493 e. The second-order valence-corrected chi connectivity index (χ2v) is 4.42. The van der Waals surface area contributed by atoms with E-state index >= 15 is 0 Å². The van der Waals surface area contributed by atoms with E-state index in [1.54, 1.807) is 31.6 Å². The molecule has 0 unspecified atom stereocenters. The van der Waals surface area contributed by atoms with Gasteiger partial charge in [-0.15, -0.1) is 11.6 Å². The van der Waals surface area contributed by atoms with Crippen LogP contribution >= 0.6 is 23.2 Å². The molecule has 19 heavy (non-hydrogen) atoms. The lowest BCUT2D eigenvalue weighted by atomic mass is 10.2. The molecule has 2 aromatic rings. The Labute approximate surface area is 121 Å². The van der Waals surface area contributed by atoms with Crippen LogP contribution in [-0.2, 0) is 5.88 Å². The molecular weight excluding hydrogens is 287 g/mol. The van der Waals surface area contributed by atoms with Gasteiger partial charge in [0.15, 0.2) is 17.3 Å². The molecule has 0 N–H and O–H groups in total. The van der Waals surface area contributed by atoms with Gasteiger partial charge >= 0.3 is 0 Å². The van der Waals surface area contributed by atoms with Gasteiger partial charge in [0, 0.05) is 23.5 Å². The fourth-order valence-corrected chi connectivity index (χ4v) is 2.05. The monoisotopic (exact) mass is 298 g/mol. The van der Waals surface area contributed by atoms with Gasteiger partial charge in [0.2, 0.25) is 0 Å². The smallest absolute Gasteiger partial charge is 0.179 e. The number of alkyl halides is 1. The summed E-state index contributed by atoms with van der Waals surface area (Å²) < 4.78 is 10.4. The Bertz CT molecular complexity index is 574. The van der Waals surface area contributed by atoms with E-state index in [0.29, 0.717) is 28.2 Å². The van der Waals surface area contributed by atoms with E-state index in [9.17, 15) is 0 Å². The number of methoxy groups -OCH3 is 2. The maximum atomic E-state index is 6.14.